The van der Waals surface area contributed by atoms with Crippen molar-refractivity contribution < 1.29 is 0 Å². The smallest absolute Gasteiger partial charge is 0.0676 e. The number of aromatic amines is 1. The third-order valence-corrected chi connectivity index (χ3v) is 1.42. The van der Waals surface area contributed by atoms with E-state index in [2.05, 4.69) is 15.2 Å². The van der Waals surface area contributed by atoms with Gasteiger partial charge in [-0.25, -0.2) is 0 Å². The summed E-state index contributed by atoms with van der Waals surface area (Å²) in [4.78, 5) is 5.12. The highest BCUT2D eigenvalue weighted by Gasteiger charge is 1.96. The van der Waals surface area contributed by atoms with E-state index in [1.165, 1.54) is 5.69 Å². The Morgan fingerprint density at radius 3 is 3.00 bits per heavy atom. The highest BCUT2D eigenvalue weighted by Crippen LogP contribution is 2.07. The lowest BCUT2D eigenvalue weighted by Gasteiger charge is -2.15. The molecular weight excluding hydrogens is 126 g/mol. The molecule has 1 rings (SSSR count). The minimum absolute atomic E-state index is 0.873. The quantitative estimate of drug-likeness (QED) is 0.602. The number of H-pyrrole nitrogens is 1. The summed E-state index contributed by atoms with van der Waals surface area (Å²) in [5.41, 5.74) is 1.20. The number of nitrogens with one attached hydrogen (secondary N) is 2. The van der Waals surface area contributed by atoms with Crippen LogP contribution in [0.5, 0.6) is 0 Å². The van der Waals surface area contributed by atoms with Gasteiger partial charge in [0, 0.05) is 19.4 Å². The summed E-state index contributed by atoms with van der Waals surface area (Å²) in [7, 11) is 3.98. The van der Waals surface area contributed by atoms with Crippen molar-refractivity contribution in [3.63, 3.8) is 0 Å². The maximum absolute atomic E-state index is 3.07. The van der Waals surface area contributed by atoms with Crippen molar-refractivity contribution in [3.8, 4) is 0 Å². The molecule has 1 aromatic rings. The summed E-state index contributed by atoms with van der Waals surface area (Å²) in [6.45, 7) is 0.873. The fourth-order valence-electron chi connectivity index (χ4n) is 0.881. The first-order valence-electron chi connectivity index (χ1n) is 3.33. The Kier molecular flexibility index (Phi) is 2.34. The van der Waals surface area contributed by atoms with Gasteiger partial charge in [0.05, 0.1) is 12.4 Å². The van der Waals surface area contributed by atoms with Crippen LogP contribution in [0, 0.1) is 0 Å². The second-order valence-electron chi connectivity index (χ2n) is 2.28. The summed E-state index contributed by atoms with van der Waals surface area (Å²) in [6, 6.07) is 2.04. The van der Waals surface area contributed by atoms with Gasteiger partial charge in [-0.1, -0.05) is 0 Å². The molecule has 56 valence electrons. The van der Waals surface area contributed by atoms with Gasteiger partial charge in [-0.2, -0.15) is 0 Å². The molecule has 0 aromatic carbocycles. The lowest BCUT2D eigenvalue weighted by molar-refractivity contribution is 0.777. The van der Waals surface area contributed by atoms with Crippen molar-refractivity contribution in [3.05, 3.63) is 18.5 Å². The van der Waals surface area contributed by atoms with E-state index >= 15 is 0 Å². The first-order valence-corrected chi connectivity index (χ1v) is 3.33. The Morgan fingerprint density at radius 1 is 1.70 bits per heavy atom. The molecule has 0 amide bonds. The average Bonchev–Trinajstić information content (AvgIpc) is 2.38. The number of nitrogens with zero attached hydrogens (tertiary/aromatic N) is 1. The Bertz CT molecular complexity index is 169. The van der Waals surface area contributed by atoms with Crippen molar-refractivity contribution in [1.82, 2.24) is 10.3 Å². The summed E-state index contributed by atoms with van der Waals surface area (Å²) in [5, 5.41) is 3.07. The molecule has 0 bridgehead atoms. The van der Waals surface area contributed by atoms with Crippen molar-refractivity contribution in [2.24, 2.45) is 0 Å². The average molecular weight is 139 g/mol. The predicted octanol–water partition coefficient (Wildman–Crippen LogP) is 0.628. The Morgan fingerprint density at radius 2 is 2.50 bits per heavy atom. The van der Waals surface area contributed by atoms with Crippen LogP contribution in [0.2, 0.25) is 0 Å². The Labute approximate surface area is 61.0 Å². The van der Waals surface area contributed by atoms with E-state index in [9.17, 15) is 0 Å². The van der Waals surface area contributed by atoms with Gasteiger partial charge in [0.15, 0.2) is 0 Å². The van der Waals surface area contributed by atoms with Crippen LogP contribution in [0.3, 0.4) is 0 Å². The molecular formula is C7H13N3. The fourth-order valence-corrected chi connectivity index (χ4v) is 0.881. The van der Waals surface area contributed by atoms with Crippen LogP contribution < -0.4 is 10.2 Å². The van der Waals surface area contributed by atoms with Crippen LogP contribution in [0.25, 0.3) is 0 Å². The lowest BCUT2D eigenvalue weighted by atomic mass is 10.5. The highest BCUT2D eigenvalue weighted by molar-refractivity contribution is 5.42. The van der Waals surface area contributed by atoms with Crippen molar-refractivity contribution in [2.45, 2.75) is 0 Å². The number of anilines is 1. The molecule has 0 aliphatic rings. The van der Waals surface area contributed by atoms with E-state index in [0.29, 0.717) is 0 Å². The minimum Gasteiger partial charge on any atom is -0.366 e. The minimum atomic E-state index is 0.873. The van der Waals surface area contributed by atoms with Gasteiger partial charge in [-0.05, 0) is 13.1 Å². The van der Waals surface area contributed by atoms with Crippen LogP contribution in [0.15, 0.2) is 18.5 Å². The van der Waals surface area contributed by atoms with Crippen LogP contribution in [-0.4, -0.2) is 25.7 Å². The molecule has 0 saturated carbocycles. The molecule has 0 radical (unpaired) electrons. The standard InChI is InChI=1S/C7H13N3/c1-8-6-10(2)7-3-4-9-5-7/h3-5,8-9H,6H2,1-2H3. The van der Waals surface area contributed by atoms with E-state index in [-0.39, 0.29) is 0 Å². The number of rotatable bonds is 3. The van der Waals surface area contributed by atoms with Gasteiger partial charge in [0.1, 0.15) is 0 Å². The second kappa shape index (κ2) is 3.27. The molecule has 0 spiro atoms. The van der Waals surface area contributed by atoms with E-state index in [1.54, 1.807) is 0 Å². The zero-order chi connectivity index (χ0) is 7.40. The fraction of sp³-hybridized carbons (Fsp3) is 0.429. The Balaban J connectivity index is 2.50. The molecule has 0 aliphatic heterocycles. The van der Waals surface area contributed by atoms with Crippen LogP contribution in [-0.2, 0) is 0 Å². The predicted molar refractivity (Wildman–Crippen MR) is 43.1 cm³/mol. The van der Waals surface area contributed by atoms with Crippen molar-refractivity contribution >= 4 is 5.69 Å². The maximum Gasteiger partial charge on any atom is 0.0676 e. The molecule has 2 N–H and O–H groups in total. The summed E-state index contributed by atoms with van der Waals surface area (Å²) >= 11 is 0. The molecule has 0 unspecified atom stereocenters. The van der Waals surface area contributed by atoms with E-state index in [0.717, 1.165) is 6.67 Å². The van der Waals surface area contributed by atoms with Crippen LogP contribution in [0.4, 0.5) is 5.69 Å². The first kappa shape index (κ1) is 7.15. The first-order chi connectivity index (χ1) is 4.84. The molecule has 3 heteroatoms. The summed E-state index contributed by atoms with van der Waals surface area (Å²) in [5.74, 6) is 0. The second-order valence-corrected chi connectivity index (χ2v) is 2.28. The molecule has 10 heavy (non-hydrogen) atoms. The number of hydrogen-bond acceptors (Lipinski definition) is 2. The SMILES string of the molecule is CNCN(C)c1cc[nH]c1. The molecule has 1 aromatic heterocycles. The van der Waals surface area contributed by atoms with Crippen molar-refractivity contribution in [2.75, 3.05) is 25.7 Å². The Hall–Kier alpha value is -0.960. The third-order valence-electron chi connectivity index (χ3n) is 1.42. The topological polar surface area (TPSA) is 31.1 Å². The van der Waals surface area contributed by atoms with Gasteiger partial charge in [0.2, 0.25) is 0 Å². The zero-order valence-electron chi connectivity index (χ0n) is 6.39. The summed E-state index contributed by atoms with van der Waals surface area (Å²) in [6.07, 6.45) is 3.89. The van der Waals surface area contributed by atoms with E-state index in [1.807, 2.05) is 32.6 Å². The van der Waals surface area contributed by atoms with Gasteiger partial charge in [-0.3, -0.25) is 0 Å². The van der Waals surface area contributed by atoms with Crippen LogP contribution in [0.1, 0.15) is 0 Å². The summed E-state index contributed by atoms with van der Waals surface area (Å²) < 4.78 is 0. The zero-order valence-corrected chi connectivity index (χ0v) is 6.39. The number of aromatic nitrogens is 1. The van der Waals surface area contributed by atoms with Gasteiger partial charge < -0.3 is 15.2 Å². The molecule has 3 nitrogen and oxygen atoms in total. The monoisotopic (exact) mass is 139 g/mol. The van der Waals surface area contributed by atoms with E-state index in [4.69, 9.17) is 0 Å². The molecule has 1 heterocycles. The lowest BCUT2D eigenvalue weighted by Crippen LogP contribution is -2.27. The van der Waals surface area contributed by atoms with Gasteiger partial charge >= 0.3 is 0 Å². The van der Waals surface area contributed by atoms with Gasteiger partial charge in [0.25, 0.3) is 0 Å². The van der Waals surface area contributed by atoms with Gasteiger partial charge in [-0.15, -0.1) is 0 Å². The normalized spacial score (nSPS) is 9.80. The molecule has 0 fully saturated rings. The third kappa shape index (κ3) is 1.51. The molecule has 0 aliphatic carbocycles. The maximum atomic E-state index is 3.07. The number of hydrogen-bond donors (Lipinski definition) is 2. The molecule has 0 saturated heterocycles. The van der Waals surface area contributed by atoms with E-state index < -0.39 is 0 Å². The largest absolute Gasteiger partial charge is 0.366 e. The van der Waals surface area contributed by atoms with Crippen molar-refractivity contribution in [1.29, 1.82) is 0 Å². The molecule has 0 atom stereocenters. The highest BCUT2D eigenvalue weighted by atomic mass is 15.2. The van der Waals surface area contributed by atoms with Crippen LogP contribution >= 0.6 is 0 Å².